The van der Waals surface area contributed by atoms with E-state index in [-0.39, 0.29) is 6.10 Å². The minimum atomic E-state index is -2.62. The highest BCUT2D eigenvalue weighted by Gasteiger charge is 2.27. The van der Waals surface area contributed by atoms with Crippen LogP contribution in [0.1, 0.15) is 50.9 Å². The second-order valence-corrected chi connectivity index (χ2v) is 6.39. The topological polar surface area (TPSA) is 32.0 Å². The second kappa shape index (κ2) is 6.72. The van der Waals surface area contributed by atoms with E-state index in [2.05, 4.69) is 41.8 Å². The Hall–Kier alpha value is -1.85. The van der Waals surface area contributed by atoms with Crippen molar-refractivity contribution in [3.05, 3.63) is 36.4 Å². The van der Waals surface area contributed by atoms with Gasteiger partial charge in [0.05, 0.1) is 18.5 Å². The van der Waals surface area contributed by atoms with Crippen molar-refractivity contribution in [3.63, 3.8) is 0 Å². The quantitative estimate of drug-likeness (QED) is 0.806. The van der Waals surface area contributed by atoms with Crippen molar-refractivity contribution in [1.29, 1.82) is 0 Å². The molecular formula is C17H23F2N3O. The monoisotopic (exact) mass is 323 g/mol. The van der Waals surface area contributed by atoms with Gasteiger partial charge in [0.25, 0.3) is 0 Å². The number of ether oxygens (including phenoxy) is 1. The van der Waals surface area contributed by atoms with Crippen LogP contribution in [-0.2, 0) is 0 Å². The molecular weight excluding hydrogens is 300 g/mol. The van der Waals surface area contributed by atoms with Gasteiger partial charge in [-0.05, 0) is 57.6 Å². The summed E-state index contributed by atoms with van der Waals surface area (Å²) < 4.78 is 33.8. The van der Waals surface area contributed by atoms with Crippen molar-refractivity contribution in [2.24, 2.45) is 5.92 Å². The maximum absolute atomic E-state index is 12.5. The predicted molar refractivity (Wildman–Crippen MR) is 83.7 cm³/mol. The van der Waals surface area contributed by atoms with E-state index >= 15 is 0 Å². The molecule has 1 aliphatic rings. The largest absolute Gasteiger partial charge is 0.487 e. The van der Waals surface area contributed by atoms with Crippen LogP contribution in [0.3, 0.4) is 0 Å². The van der Waals surface area contributed by atoms with Gasteiger partial charge >= 0.3 is 6.55 Å². The summed E-state index contributed by atoms with van der Waals surface area (Å²) in [6, 6.07) is 4.69. The molecule has 1 fully saturated rings. The van der Waals surface area contributed by atoms with Crippen LogP contribution in [-0.4, -0.2) is 20.5 Å². The Bertz CT molecular complexity index is 629. The number of aryl methyl sites for hydroxylation is 1. The van der Waals surface area contributed by atoms with Crippen molar-refractivity contribution >= 4 is 0 Å². The van der Waals surface area contributed by atoms with E-state index in [1.165, 1.54) is 18.1 Å². The Morgan fingerprint density at radius 2 is 2.00 bits per heavy atom. The summed E-state index contributed by atoms with van der Waals surface area (Å²) in [4.78, 5) is 0. The zero-order chi connectivity index (χ0) is 16.4. The molecule has 1 aliphatic carbocycles. The summed E-state index contributed by atoms with van der Waals surface area (Å²) in [6.07, 6.45) is 8.96. The van der Waals surface area contributed by atoms with E-state index in [4.69, 9.17) is 4.74 Å². The molecule has 126 valence electrons. The zero-order valence-corrected chi connectivity index (χ0v) is 13.5. The molecule has 1 atom stereocenters. The Labute approximate surface area is 135 Å². The molecule has 1 unspecified atom stereocenters. The van der Waals surface area contributed by atoms with E-state index in [1.54, 1.807) is 0 Å². The number of rotatable bonds is 5. The van der Waals surface area contributed by atoms with Crippen LogP contribution in [0.5, 0.6) is 5.75 Å². The van der Waals surface area contributed by atoms with Gasteiger partial charge in [-0.15, -0.1) is 0 Å². The summed E-state index contributed by atoms with van der Waals surface area (Å²) >= 11 is 0. The molecule has 0 N–H and O–H groups in total. The van der Waals surface area contributed by atoms with Gasteiger partial charge < -0.3 is 9.30 Å². The Balaban J connectivity index is 1.53. The molecule has 2 heterocycles. The predicted octanol–water partition coefficient (Wildman–Crippen LogP) is 4.59. The lowest BCUT2D eigenvalue weighted by atomic mass is 9.83. The standard InChI is InChI=1S/C17H23F2N3O/c1-12-4-3-9-21(12)13(2)14-5-7-15(8-6-14)23-16-10-20-22(11-16)17(18)19/h3-4,9-11,13-15,17H,5-8H2,1-2H3. The lowest BCUT2D eigenvalue weighted by Crippen LogP contribution is -2.28. The number of nitrogens with zero attached hydrogens (tertiary/aromatic N) is 3. The van der Waals surface area contributed by atoms with Crippen molar-refractivity contribution in [2.45, 2.75) is 58.2 Å². The minimum Gasteiger partial charge on any atom is -0.487 e. The smallest absolute Gasteiger partial charge is 0.333 e. The molecule has 1 saturated carbocycles. The zero-order valence-electron chi connectivity index (χ0n) is 13.5. The Kier molecular flexibility index (Phi) is 4.68. The van der Waals surface area contributed by atoms with Crippen LogP contribution < -0.4 is 4.74 Å². The van der Waals surface area contributed by atoms with Crippen LogP contribution in [0.15, 0.2) is 30.7 Å². The summed E-state index contributed by atoms with van der Waals surface area (Å²) in [6.45, 7) is 1.78. The third-order valence-electron chi connectivity index (χ3n) is 4.91. The molecule has 0 amide bonds. The number of alkyl halides is 2. The van der Waals surface area contributed by atoms with E-state index in [9.17, 15) is 8.78 Å². The summed E-state index contributed by atoms with van der Waals surface area (Å²) in [5, 5.41) is 3.61. The molecule has 0 aliphatic heterocycles. The Morgan fingerprint density at radius 3 is 2.57 bits per heavy atom. The second-order valence-electron chi connectivity index (χ2n) is 6.39. The summed E-state index contributed by atoms with van der Waals surface area (Å²) in [5.74, 6) is 1.06. The number of aromatic nitrogens is 3. The van der Waals surface area contributed by atoms with Crippen LogP contribution in [0.25, 0.3) is 0 Å². The van der Waals surface area contributed by atoms with Gasteiger partial charge in [0.2, 0.25) is 0 Å². The van der Waals surface area contributed by atoms with Crippen LogP contribution in [0, 0.1) is 12.8 Å². The van der Waals surface area contributed by atoms with Crippen molar-refractivity contribution < 1.29 is 13.5 Å². The van der Waals surface area contributed by atoms with Gasteiger partial charge in [-0.3, -0.25) is 0 Å². The van der Waals surface area contributed by atoms with Gasteiger partial charge in [0.1, 0.15) is 0 Å². The van der Waals surface area contributed by atoms with Crippen LogP contribution >= 0.6 is 0 Å². The van der Waals surface area contributed by atoms with Crippen LogP contribution in [0.4, 0.5) is 8.78 Å². The first kappa shape index (κ1) is 16.0. The molecule has 2 aromatic rings. The molecule has 0 radical (unpaired) electrons. The fourth-order valence-corrected chi connectivity index (χ4v) is 3.53. The number of hydrogen-bond acceptors (Lipinski definition) is 2. The van der Waals surface area contributed by atoms with Crippen molar-refractivity contribution in [1.82, 2.24) is 14.3 Å². The highest BCUT2D eigenvalue weighted by molar-refractivity contribution is 5.12. The number of halogens is 2. The van der Waals surface area contributed by atoms with Gasteiger partial charge in [-0.25, -0.2) is 4.68 Å². The van der Waals surface area contributed by atoms with E-state index < -0.39 is 6.55 Å². The van der Waals surface area contributed by atoms with Gasteiger partial charge in [-0.1, -0.05) is 0 Å². The average Bonchev–Trinajstić information content (AvgIpc) is 3.16. The highest BCUT2D eigenvalue weighted by Crippen LogP contribution is 2.35. The minimum absolute atomic E-state index is 0.0968. The fourth-order valence-electron chi connectivity index (χ4n) is 3.53. The lowest BCUT2D eigenvalue weighted by Gasteiger charge is -2.33. The normalized spacial score (nSPS) is 23.2. The lowest BCUT2D eigenvalue weighted by molar-refractivity contribution is 0.0557. The van der Waals surface area contributed by atoms with E-state index in [0.717, 1.165) is 25.7 Å². The molecule has 23 heavy (non-hydrogen) atoms. The first-order valence-electron chi connectivity index (χ1n) is 8.17. The molecule has 6 heteroatoms. The molecule has 4 nitrogen and oxygen atoms in total. The molecule has 0 bridgehead atoms. The Morgan fingerprint density at radius 1 is 1.26 bits per heavy atom. The fraction of sp³-hybridized carbons (Fsp3) is 0.588. The summed E-state index contributed by atoms with van der Waals surface area (Å²) in [7, 11) is 0. The van der Waals surface area contributed by atoms with E-state index in [1.807, 2.05) is 0 Å². The maximum atomic E-state index is 12.5. The first-order valence-corrected chi connectivity index (χ1v) is 8.17. The average molecular weight is 323 g/mol. The van der Waals surface area contributed by atoms with Crippen LogP contribution in [0.2, 0.25) is 0 Å². The highest BCUT2D eigenvalue weighted by atomic mass is 19.3. The first-order chi connectivity index (χ1) is 11.0. The third kappa shape index (κ3) is 3.57. The van der Waals surface area contributed by atoms with Crippen molar-refractivity contribution in [2.75, 3.05) is 0 Å². The molecule has 0 saturated heterocycles. The molecule has 3 rings (SSSR count). The third-order valence-corrected chi connectivity index (χ3v) is 4.91. The van der Waals surface area contributed by atoms with Gasteiger partial charge in [-0.2, -0.15) is 13.9 Å². The SMILES string of the molecule is Cc1cccn1C(C)C1CCC(Oc2cnn(C(F)F)c2)CC1. The molecule has 0 aromatic carbocycles. The molecule has 0 spiro atoms. The van der Waals surface area contributed by atoms with Gasteiger partial charge in [0.15, 0.2) is 5.75 Å². The van der Waals surface area contributed by atoms with E-state index in [0.29, 0.717) is 22.4 Å². The van der Waals surface area contributed by atoms with Gasteiger partial charge in [0, 0.05) is 17.9 Å². The van der Waals surface area contributed by atoms with Crippen molar-refractivity contribution in [3.8, 4) is 5.75 Å². The summed E-state index contributed by atoms with van der Waals surface area (Å²) in [5.41, 5.74) is 1.29. The maximum Gasteiger partial charge on any atom is 0.333 e. The number of hydrogen-bond donors (Lipinski definition) is 0. The molecule has 2 aromatic heterocycles.